The maximum absolute atomic E-state index is 9.99. The fraction of sp³-hybridized carbons (Fsp3) is 0.667. The zero-order valence-electron chi connectivity index (χ0n) is 8.73. The molecule has 4 N–H and O–H groups in total. The van der Waals surface area contributed by atoms with Crippen LogP contribution in [0.1, 0.15) is 6.42 Å². The number of aryl methyl sites for hydroxylation is 1. The molecule has 0 radical (unpaired) electrons. The zero-order chi connectivity index (χ0) is 10.9. The first-order valence-electron chi connectivity index (χ1n) is 4.92. The summed E-state index contributed by atoms with van der Waals surface area (Å²) in [6.07, 6.45) is 2.37. The Bertz CT molecular complexity index is 344. The third-order valence-electron chi connectivity index (χ3n) is 2.52. The maximum atomic E-state index is 9.99. The molecule has 0 aromatic carbocycles. The molecule has 1 fully saturated rings. The number of anilines is 2. The maximum Gasteiger partial charge on any atom is 0.171 e. The lowest BCUT2D eigenvalue weighted by Crippen LogP contribution is -2.37. The Labute approximate surface area is 88.0 Å². The van der Waals surface area contributed by atoms with Crippen molar-refractivity contribution in [3.8, 4) is 0 Å². The Morgan fingerprint density at radius 2 is 2.60 bits per heavy atom. The first-order chi connectivity index (χ1) is 7.09. The molecule has 0 saturated carbocycles. The molecule has 1 unspecified atom stereocenters. The summed E-state index contributed by atoms with van der Waals surface area (Å²) in [5.74, 6) is 0.609. The number of nitrogen functional groups attached to an aromatic ring is 1. The minimum Gasteiger partial charge on any atom is -0.394 e. The molecule has 0 amide bonds. The van der Waals surface area contributed by atoms with E-state index in [9.17, 15) is 5.11 Å². The van der Waals surface area contributed by atoms with Gasteiger partial charge in [0.25, 0.3) is 0 Å². The van der Waals surface area contributed by atoms with Crippen LogP contribution in [0.3, 0.4) is 0 Å². The molecule has 1 aliphatic heterocycles. The summed E-state index contributed by atoms with van der Waals surface area (Å²) >= 11 is 0. The van der Waals surface area contributed by atoms with Crippen LogP contribution >= 0.6 is 0 Å². The summed E-state index contributed by atoms with van der Waals surface area (Å²) in [5, 5.41) is 17.1. The molecule has 1 aromatic rings. The summed E-state index contributed by atoms with van der Waals surface area (Å²) in [5.41, 5.74) is 5.51. The lowest BCUT2D eigenvalue weighted by Gasteiger charge is -2.20. The van der Waals surface area contributed by atoms with Crippen LogP contribution in [-0.2, 0) is 11.8 Å². The number of ether oxygens (including phenoxy) is 1. The van der Waals surface area contributed by atoms with E-state index >= 15 is 0 Å². The standard InChI is InChI=1S/C9H16N4O2/c1-13-4-7(10)8(12-13)11-5-9(14)2-3-15-6-9/h4,14H,2-3,5-6,10H2,1H3,(H,11,12). The Morgan fingerprint density at radius 1 is 1.80 bits per heavy atom. The van der Waals surface area contributed by atoms with Crippen LogP contribution in [0.25, 0.3) is 0 Å². The van der Waals surface area contributed by atoms with Gasteiger partial charge in [-0.2, -0.15) is 5.10 Å². The first-order valence-corrected chi connectivity index (χ1v) is 4.92. The lowest BCUT2D eigenvalue weighted by molar-refractivity contribution is 0.0381. The number of rotatable bonds is 3. The molecule has 1 atom stereocenters. The highest BCUT2D eigenvalue weighted by Gasteiger charge is 2.32. The average molecular weight is 212 g/mol. The normalized spacial score (nSPS) is 25.7. The van der Waals surface area contributed by atoms with Crippen molar-refractivity contribution >= 4 is 11.5 Å². The van der Waals surface area contributed by atoms with E-state index in [1.807, 2.05) is 0 Å². The molecule has 0 aliphatic carbocycles. The number of aromatic nitrogens is 2. The van der Waals surface area contributed by atoms with Crippen molar-refractivity contribution in [1.29, 1.82) is 0 Å². The monoisotopic (exact) mass is 212 g/mol. The van der Waals surface area contributed by atoms with E-state index in [1.54, 1.807) is 17.9 Å². The second kappa shape index (κ2) is 3.71. The van der Waals surface area contributed by atoms with Crippen molar-refractivity contribution in [2.45, 2.75) is 12.0 Å². The van der Waals surface area contributed by atoms with Crippen molar-refractivity contribution in [3.05, 3.63) is 6.20 Å². The van der Waals surface area contributed by atoms with Crippen LogP contribution in [0.5, 0.6) is 0 Å². The Kier molecular flexibility index (Phi) is 2.54. The lowest BCUT2D eigenvalue weighted by atomic mass is 10.0. The van der Waals surface area contributed by atoms with E-state index < -0.39 is 5.60 Å². The van der Waals surface area contributed by atoms with Crippen LogP contribution in [0.2, 0.25) is 0 Å². The molecule has 1 aliphatic rings. The highest BCUT2D eigenvalue weighted by Crippen LogP contribution is 2.20. The minimum absolute atomic E-state index is 0.368. The van der Waals surface area contributed by atoms with E-state index in [2.05, 4.69) is 10.4 Å². The topological polar surface area (TPSA) is 85.3 Å². The van der Waals surface area contributed by atoms with Gasteiger partial charge in [-0.1, -0.05) is 0 Å². The number of nitrogens with zero attached hydrogens (tertiary/aromatic N) is 2. The van der Waals surface area contributed by atoms with Gasteiger partial charge in [0.05, 0.1) is 12.3 Å². The van der Waals surface area contributed by atoms with Crippen LogP contribution in [0, 0.1) is 0 Å². The van der Waals surface area contributed by atoms with Crippen molar-refractivity contribution < 1.29 is 9.84 Å². The average Bonchev–Trinajstić information content (AvgIpc) is 2.71. The quantitative estimate of drug-likeness (QED) is 0.633. The van der Waals surface area contributed by atoms with Gasteiger partial charge in [-0.05, 0) is 0 Å². The molecule has 15 heavy (non-hydrogen) atoms. The van der Waals surface area contributed by atoms with E-state index in [-0.39, 0.29) is 0 Å². The fourth-order valence-corrected chi connectivity index (χ4v) is 1.63. The van der Waals surface area contributed by atoms with Crippen LogP contribution in [0.4, 0.5) is 11.5 Å². The van der Waals surface area contributed by atoms with Crippen LogP contribution in [0.15, 0.2) is 6.20 Å². The predicted octanol–water partition coefficient (Wildman–Crippen LogP) is -0.434. The third-order valence-corrected chi connectivity index (χ3v) is 2.52. The van der Waals surface area contributed by atoms with Gasteiger partial charge >= 0.3 is 0 Å². The van der Waals surface area contributed by atoms with E-state index in [4.69, 9.17) is 10.5 Å². The molecule has 0 spiro atoms. The largest absolute Gasteiger partial charge is 0.394 e. The summed E-state index contributed by atoms with van der Waals surface area (Å²) in [7, 11) is 1.80. The first kappa shape index (κ1) is 10.3. The Balaban J connectivity index is 1.95. The number of aliphatic hydroxyl groups is 1. The third kappa shape index (κ3) is 2.21. The molecule has 6 heteroatoms. The number of hydrogen-bond donors (Lipinski definition) is 3. The van der Waals surface area contributed by atoms with Crippen molar-refractivity contribution in [1.82, 2.24) is 9.78 Å². The van der Waals surface area contributed by atoms with Gasteiger partial charge < -0.3 is 20.9 Å². The number of hydrogen-bond acceptors (Lipinski definition) is 5. The second-order valence-electron chi connectivity index (χ2n) is 3.99. The van der Waals surface area contributed by atoms with E-state index in [0.29, 0.717) is 37.7 Å². The second-order valence-corrected chi connectivity index (χ2v) is 3.99. The van der Waals surface area contributed by atoms with Crippen LogP contribution < -0.4 is 11.1 Å². The van der Waals surface area contributed by atoms with E-state index in [0.717, 1.165) is 0 Å². The van der Waals surface area contributed by atoms with Gasteiger partial charge in [-0.25, -0.2) is 0 Å². The van der Waals surface area contributed by atoms with Crippen molar-refractivity contribution in [2.75, 3.05) is 30.8 Å². The van der Waals surface area contributed by atoms with Gasteiger partial charge in [0.15, 0.2) is 5.82 Å². The van der Waals surface area contributed by atoms with Gasteiger partial charge in [0.1, 0.15) is 5.60 Å². The van der Waals surface area contributed by atoms with Crippen LogP contribution in [-0.4, -0.2) is 40.2 Å². The molecule has 1 saturated heterocycles. The fourth-order valence-electron chi connectivity index (χ4n) is 1.63. The molecule has 1 aromatic heterocycles. The smallest absolute Gasteiger partial charge is 0.171 e. The summed E-state index contributed by atoms with van der Waals surface area (Å²) in [4.78, 5) is 0. The molecular formula is C9H16N4O2. The highest BCUT2D eigenvalue weighted by atomic mass is 16.5. The summed E-state index contributed by atoms with van der Waals surface area (Å²) in [6.45, 7) is 1.39. The van der Waals surface area contributed by atoms with Crippen molar-refractivity contribution in [2.24, 2.45) is 7.05 Å². The van der Waals surface area contributed by atoms with Gasteiger partial charge in [-0.3, -0.25) is 4.68 Å². The Hall–Kier alpha value is -1.27. The Morgan fingerprint density at radius 3 is 3.13 bits per heavy atom. The van der Waals surface area contributed by atoms with E-state index in [1.165, 1.54) is 0 Å². The summed E-state index contributed by atoms with van der Waals surface area (Å²) in [6, 6.07) is 0. The predicted molar refractivity (Wildman–Crippen MR) is 56.5 cm³/mol. The molecular weight excluding hydrogens is 196 g/mol. The van der Waals surface area contributed by atoms with Gasteiger partial charge in [0.2, 0.25) is 0 Å². The molecule has 6 nitrogen and oxygen atoms in total. The zero-order valence-corrected chi connectivity index (χ0v) is 8.73. The molecule has 2 rings (SSSR count). The molecule has 84 valence electrons. The molecule has 0 bridgehead atoms. The van der Waals surface area contributed by atoms with Crippen molar-refractivity contribution in [3.63, 3.8) is 0 Å². The summed E-state index contributed by atoms with van der Waals surface area (Å²) < 4.78 is 6.77. The SMILES string of the molecule is Cn1cc(N)c(NCC2(O)CCOC2)n1. The minimum atomic E-state index is -0.788. The number of nitrogens with one attached hydrogen (secondary N) is 1. The van der Waals surface area contributed by atoms with Gasteiger partial charge in [-0.15, -0.1) is 0 Å². The highest BCUT2D eigenvalue weighted by molar-refractivity contribution is 5.59. The molecule has 2 heterocycles. The van der Waals surface area contributed by atoms with Gasteiger partial charge in [0, 0.05) is 32.8 Å². The number of nitrogens with two attached hydrogens (primary N) is 1.